The van der Waals surface area contributed by atoms with Gasteiger partial charge in [-0.25, -0.2) is 9.59 Å². The number of hydrogen-bond donors (Lipinski definition) is 1. The Kier molecular flexibility index (Phi) is 4.22. The van der Waals surface area contributed by atoms with E-state index >= 15 is 0 Å². The van der Waals surface area contributed by atoms with Crippen LogP contribution in [-0.4, -0.2) is 22.2 Å². The van der Waals surface area contributed by atoms with E-state index in [1.165, 1.54) is 19.1 Å². The number of carboxylic acid groups (broad SMARTS) is 1. The fourth-order valence-electron chi connectivity index (χ4n) is 2.23. The van der Waals surface area contributed by atoms with Crippen molar-refractivity contribution in [2.24, 2.45) is 0 Å². The first-order chi connectivity index (χ1) is 11.5. The molecule has 2 aromatic heterocycles. The molecule has 6 nitrogen and oxygen atoms in total. The van der Waals surface area contributed by atoms with Crippen molar-refractivity contribution in [2.45, 2.75) is 13.0 Å². The fraction of sp³-hybridized carbons (Fsp3) is 0.118. The molecule has 2 heterocycles. The molecule has 1 unspecified atom stereocenters. The molecule has 0 amide bonds. The molecule has 0 fully saturated rings. The molecular weight excluding hydrogens is 334 g/mol. The van der Waals surface area contributed by atoms with Gasteiger partial charge in [0.25, 0.3) is 0 Å². The highest BCUT2D eigenvalue weighted by molar-refractivity contribution is 6.33. The van der Waals surface area contributed by atoms with E-state index in [-0.39, 0.29) is 11.6 Å². The van der Waals surface area contributed by atoms with Crippen LogP contribution in [-0.2, 0) is 4.79 Å². The Bertz CT molecular complexity index is 982. The van der Waals surface area contributed by atoms with E-state index in [4.69, 9.17) is 25.9 Å². The number of halogens is 1. The molecule has 7 heteroatoms. The molecule has 3 aromatic rings. The maximum atomic E-state index is 11.8. The van der Waals surface area contributed by atoms with Gasteiger partial charge in [-0.05, 0) is 19.1 Å². The molecule has 1 atom stereocenters. The van der Waals surface area contributed by atoms with Crippen molar-refractivity contribution in [3.05, 3.63) is 57.9 Å². The van der Waals surface area contributed by atoms with Crippen LogP contribution in [0.3, 0.4) is 0 Å². The van der Waals surface area contributed by atoms with E-state index in [0.29, 0.717) is 21.5 Å². The molecule has 1 aromatic carbocycles. The predicted molar refractivity (Wildman–Crippen MR) is 88.5 cm³/mol. The van der Waals surface area contributed by atoms with E-state index in [1.54, 1.807) is 30.3 Å². The Labute approximate surface area is 141 Å². The van der Waals surface area contributed by atoms with Gasteiger partial charge in [0.1, 0.15) is 0 Å². The number of aliphatic carboxylic acids is 1. The van der Waals surface area contributed by atoms with Gasteiger partial charge in [0, 0.05) is 33.7 Å². The highest BCUT2D eigenvalue weighted by Crippen LogP contribution is 2.32. The molecular formula is C17H12ClNO5. The third-order valence-corrected chi connectivity index (χ3v) is 3.72. The van der Waals surface area contributed by atoms with Crippen molar-refractivity contribution in [1.82, 2.24) is 4.98 Å². The van der Waals surface area contributed by atoms with E-state index < -0.39 is 17.7 Å². The van der Waals surface area contributed by atoms with Crippen LogP contribution in [0.2, 0.25) is 5.02 Å². The Morgan fingerprint density at radius 2 is 2.00 bits per heavy atom. The number of fused-ring (bicyclic) bond motifs is 1. The van der Waals surface area contributed by atoms with Crippen LogP contribution in [0.5, 0.6) is 5.88 Å². The number of carboxylic acids is 1. The van der Waals surface area contributed by atoms with Crippen LogP contribution in [0, 0.1) is 0 Å². The zero-order valence-electron chi connectivity index (χ0n) is 12.5. The molecule has 24 heavy (non-hydrogen) atoms. The monoisotopic (exact) mass is 345 g/mol. The highest BCUT2D eigenvalue weighted by atomic mass is 35.5. The zero-order valence-corrected chi connectivity index (χ0v) is 13.3. The minimum Gasteiger partial charge on any atom is -0.479 e. The number of hydrogen-bond acceptors (Lipinski definition) is 5. The van der Waals surface area contributed by atoms with Crippen molar-refractivity contribution < 1.29 is 19.1 Å². The standard InChI is InChI=1S/C17H12ClNO5/c1-9(17(21)22)23-14-7-6-11-12(8-15(20)24-16(11)19-14)10-4-2-3-5-13(10)18/h2-9H,1H3,(H,21,22). The Morgan fingerprint density at radius 3 is 2.71 bits per heavy atom. The van der Waals surface area contributed by atoms with Crippen molar-refractivity contribution in [3.8, 4) is 17.0 Å². The molecule has 3 rings (SSSR count). The third-order valence-electron chi connectivity index (χ3n) is 3.39. The highest BCUT2D eigenvalue weighted by Gasteiger charge is 2.16. The second-order valence-corrected chi connectivity index (χ2v) is 5.47. The van der Waals surface area contributed by atoms with Gasteiger partial charge in [0.05, 0.1) is 0 Å². The molecule has 0 aliphatic rings. The Hall–Kier alpha value is -2.86. The lowest BCUT2D eigenvalue weighted by molar-refractivity contribution is -0.144. The number of rotatable bonds is 4. The van der Waals surface area contributed by atoms with Crippen molar-refractivity contribution in [3.63, 3.8) is 0 Å². The van der Waals surface area contributed by atoms with Gasteiger partial charge in [-0.2, -0.15) is 4.98 Å². The lowest BCUT2D eigenvalue weighted by Gasteiger charge is -2.11. The number of benzene rings is 1. The zero-order chi connectivity index (χ0) is 17.3. The number of pyridine rings is 1. The summed E-state index contributed by atoms with van der Waals surface area (Å²) in [7, 11) is 0. The van der Waals surface area contributed by atoms with Crippen LogP contribution in [0.1, 0.15) is 6.92 Å². The third kappa shape index (κ3) is 3.09. The summed E-state index contributed by atoms with van der Waals surface area (Å²) in [6.45, 7) is 1.38. The normalized spacial score (nSPS) is 12.1. The predicted octanol–water partition coefficient (Wildman–Crippen LogP) is 3.36. The summed E-state index contributed by atoms with van der Waals surface area (Å²) >= 11 is 6.20. The van der Waals surface area contributed by atoms with Crippen LogP contribution < -0.4 is 10.4 Å². The lowest BCUT2D eigenvalue weighted by Crippen LogP contribution is -2.23. The van der Waals surface area contributed by atoms with Crippen LogP contribution in [0.15, 0.2) is 51.7 Å². The number of carbonyl (C=O) groups is 1. The van der Waals surface area contributed by atoms with Crippen LogP contribution in [0.4, 0.5) is 0 Å². The van der Waals surface area contributed by atoms with E-state index in [0.717, 1.165) is 0 Å². The second-order valence-electron chi connectivity index (χ2n) is 5.06. The summed E-state index contributed by atoms with van der Waals surface area (Å²) < 4.78 is 10.3. The molecule has 0 saturated heterocycles. The molecule has 0 bridgehead atoms. The van der Waals surface area contributed by atoms with Gasteiger partial charge in [0.2, 0.25) is 11.6 Å². The maximum Gasteiger partial charge on any atom is 0.344 e. The van der Waals surface area contributed by atoms with Crippen molar-refractivity contribution in [1.29, 1.82) is 0 Å². The lowest BCUT2D eigenvalue weighted by atomic mass is 10.0. The van der Waals surface area contributed by atoms with E-state index in [2.05, 4.69) is 4.98 Å². The molecule has 1 N–H and O–H groups in total. The van der Waals surface area contributed by atoms with Crippen LogP contribution in [0.25, 0.3) is 22.2 Å². The summed E-state index contributed by atoms with van der Waals surface area (Å²) in [5, 5.41) is 9.94. The van der Waals surface area contributed by atoms with Gasteiger partial charge >= 0.3 is 11.6 Å². The minimum absolute atomic E-state index is 0.0486. The fourth-order valence-corrected chi connectivity index (χ4v) is 2.46. The average molecular weight is 346 g/mol. The van der Waals surface area contributed by atoms with Gasteiger partial charge in [-0.3, -0.25) is 0 Å². The molecule has 0 aliphatic carbocycles. The Balaban J connectivity index is 2.14. The summed E-state index contributed by atoms with van der Waals surface area (Å²) in [4.78, 5) is 26.8. The summed E-state index contributed by atoms with van der Waals surface area (Å²) in [6.07, 6.45) is -1.08. The summed E-state index contributed by atoms with van der Waals surface area (Å²) in [5.41, 5.74) is 0.712. The minimum atomic E-state index is -1.12. The van der Waals surface area contributed by atoms with E-state index in [1.807, 2.05) is 0 Å². The summed E-state index contributed by atoms with van der Waals surface area (Å²) in [5.74, 6) is -1.07. The quantitative estimate of drug-likeness (QED) is 0.779. The SMILES string of the molecule is CC(Oc1ccc2c(-c3ccccc3Cl)cc(=O)oc2n1)C(=O)O. The first-order valence-electron chi connectivity index (χ1n) is 7.05. The number of nitrogens with zero attached hydrogens (tertiary/aromatic N) is 1. The Morgan fingerprint density at radius 1 is 1.25 bits per heavy atom. The average Bonchev–Trinajstić information content (AvgIpc) is 2.54. The first-order valence-corrected chi connectivity index (χ1v) is 7.43. The van der Waals surface area contributed by atoms with Crippen molar-refractivity contribution >= 4 is 28.7 Å². The number of ether oxygens (including phenoxy) is 1. The largest absolute Gasteiger partial charge is 0.479 e. The number of aromatic nitrogens is 1. The summed E-state index contributed by atoms with van der Waals surface area (Å²) in [6, 6.07) is 11.6. The van der Waals surface area contributed by atoms with Crippen molar-refractivity contribution in [2.75, 3.05) is 0 Å². The molecule has 122 valence electrons. The van der Waals surface area contributed by atoms with Gasteiger partial charge < -0.3 is 14.3 Å². The molecule has 0 radical (unpaired) electrons. The topological polar surface area (TPSA) is 89.6 Å². The van der Waals surface area contributed by atoms with E-state index in [9.17, 15) is 9.59 Å². The van der Waals surface area contributed by atoms with Gasteiger partial charge in [-0.1, -0.05) is 29.8 Å². The molecule has 0 spiro atoms. The van der Waals surface area contributed by atoms with Gasteiger partial charge in [0.15, 0.2) is 6.10 Å². The second kappa shape index (κ2) is 6.33. The maximum absolute atomic E-state index is 11.8. The molecule has 0 aliphatic heterocycles. The van der Waals surface area contributed by atoms with Crippen LogP contribution >= 0.6 is 11.6 Å². The smallest absolute Gasteiger partial charge is 0.344 e. The first kappa shape index (κ1) is 16.0. The van der Waals surface area contributed by atoms with Gasteiger partial charge in [-0.15, -0.1) is 0 Å². The molecule has 0 saturated carbocycles.